The van der Waals surface area contributed by atoms with E-state index < -0.39 is 24.1 Å². The first-order valence-corrected chi connectivity index (χ1v) is 26.3. The molecule has 7 aromatic rings. The van der Waals surface area contributed by atoms with Gasteiger partial charge in [-0.2, -0.15) is 0 Å². The van der Waals surface area contributed by atoms with Gasteiger partial charge in [-0.15, -0.1) is 0 Å². The predicted octanol–water partition coefficient (Wildman–Crippen LogP) is 11.4. The van der Waals surface area contributed by atoms with Crippen molar-refractivity contribution in [2.75, 3.05) is 79.0 Å². The Morgan fingerprint density at radius 1 is 0.456 bits per heavy atom. The van der Waals surface area contributed by atoms with Gasteiger partial charge in [-0.25, -0.2) is 29.1 Å². The fourth-order valence-corrected chi connectivity index (χ4v) is 9.91. The first-order valence-electron chi connectivity index (χ1n) is 26.3. The van der Waals surface area contributed by atoms with Crippen LogP contribution in [0.4, 0.5) is 9.59 Å². The fraction of sp³-hybridized carbons (Fsp3) is 0.226. The molecule has 4 aromatic carbocycles. The van der Waals surface area contributed by atoms with Gasteiger partial charge in [0.15, 0.2) is 0 Å². The zero-order valence-corrected chi connectivity index (χ0v) is 43.6. The summed E-state index contributed by atoms with van der Waals surface area (Å²) in [5.41, 5.74) is 10.9. The molecular weight excluding hydrogens is 1000 g/mol. The topological polar surface area (TPSA) is 197 Å². The third-order valence-corrected chi connectivity index (χ3v) is 13.7. The van der Waals surface area contributed by atoms with E-state index in [-0.39, 0.29) is 90.5 Å². The Kier molecular flexibility index (Phi) is 15.5. The summed E-state index contributed by atoms with van der Waals surface area (Å²) in [6.45, 7) is 5.92. The second kappa shape index (κ2) is 23.6. The fourth-order valence-electron chi connectivity index (χ4n) is 9.91. The number of hydrogen-bond donors (Lipinski definition) is 2. The number of amides is 2. The number of hydrogen-bond acceptors (Lipinski definition) is 13. The summed E-state index contributed by atoms with van der Waals surface area (Å²) in [7, 11) is 0. The zero-order chi connectivity index (χ0) is 54.2. The molecule has 0 saturated carbocycles. The number of para-hydroxylation sites is 2. The van der Waals surface area contributed by atoms with E-state index in [1.165, 1.54) is 9.80 Å². The van der Waals surface area contributed by atoms with E-state index in [1.807, 2.05) is 97.1 Å². The average molecular weight is 1060 g/mol. The Balaban J connectivity index is 1.25. The molecule has 1 fully saturated rings. The smallest absolute Gasteiger partial charge is 0.415 e. The highest BCUT2D eigenvalue weighted by molar-refractivity contribution is 6.02. The molecule has 17 heteroatoms. The normalized spacial score (nSPS) is 15.1. The van der Waals surface area contributed by atoms with Crippen LogP contribution >= 0.6 is 0 Å². The molecule has 17 nitrogen and oxygen atoms in total. The number of rotatable bonds is 6. The largest absolute Gasteiger partial charge is 0.462 e. The maximum absolute atomic E-state index is 14.5. The van der Waals surface area contributed by atoms with Gasteiger partial charge in [0.25, 0.3) is 0 Å². The molecule has 0 unspecified atom stereocenters. The molecule has 0 spiro atoms. The Morgan fingerprint density at radius 3 is 1.18 bits per heavy atom. The molecule has 79 heavy (non-hydrogen) atoms. The zero-order valence-electron chi connectivity index (χ0n) is 43.6. The third kappa shape index (κ3) is 11.2. The average Bonchev–Trinajstić information content (AvgIpc) is 4.50. The Morgan fingerprint density at radius 2 is 0.797 bits per heavy atom. The Bertz CT molecular complexity index is 3450. The highest BCUT2D eigenvalue weighted by Crippen LogP contribution is 2.42. The van der Waals surface area contributed by atoms with E-state index in [1.54, 1.807) is 62.4 Å². The molecule has 2 amide bonds. The number of nitrogens with zero attached hydrogens (tertiary/aromatic N) is 4. The van der Waals surface area contributed by atoms with Crippen LogP contribution in [0.1, 0.15) is 57.3 Å². The number of esters is 2. The van der Waals surface area contributed by atoms with Gasteiger partial charge in [0.2, 0.25) is 0 Å². The maximum atomic E-state index is 14.5. The number of carbonyl (C=O) groups is 4. The van der Waals surface area contributed by atoms with Crippen molar-refractivity contribution < 1.29 is 52.3 Å². The van der Waals surface area contributed by atoms with Crippen molar-refractivity contribution in [2.45, 2.75) is 13.8 Å². The van der Waals surface area contributed by atoms with Crippen LogP contribution < -0.4 is 9.47 Å². The van der Waals surface area contributed by atoms with Crippen molar-refractivity contribution in [1.29, 1.82) is 0 Å². The van der Waals surface area contributed by atoms with Gasteiger partial charge in [0, 0.05) is 81.6 Å². The predicted molar refractivity (Wildman–Crippen MR) is 300 cm³/mol. The van der Waals surface area contributed by atoms with Crippen molar-refractivity contribution in [1.82, 2.24) is 29.7 Å². The van der Waals surface area contributed by atoms with Crippen molar-refractivity contribution in [3.63, 3.8) is 0 Å². The highest BCUT2D eigenvalue weighted by Gasteiger charge is 2.26. The summed E-state index contributed by atoms with van der Waals surface area (Å²) in [6, 6.07) is 36.8. The van der Waals surface area contributed by atoms with Crippen LogP contribution in [0.3, 0.4) is 0 Å². The van der Waals surface area contributed by atoms with Crippen LogP contribution in [-0.4, -0.2) is 133 Å². The van der Waals surface area contributed by atoms with Gasteiger partial charge < -0.3 is 52.9 Å². The Hall–Kier alpha value is -9.16. The molecule has 0 atom stereocenters. The molecule has 5 aliphatic heterocycles. The molecule has 1 saturated heterocycles. The SMILES string of the molecule is CCOC(=O)c1ccc(-c2c3nc(c4c5ccc([nH]5)c(-c5ccc(C(=O)OCC)cc5)c5nc(c(c6ccc2[nH]6)-c2ccccc2OC(=O)N2CCOCCOCCN(CCOCC2)C(=O)Oc2ccccc2-4)C=C5)C=C3)cc1. The second-order valence-corrected chi connectivity index (χ2v) is 18.6. The molecule has 5 aliphatic rings. The number of nitrogens with one attached hydrogen (secondary N) is 2. The summed E-state index contributed by atoms with van der Waals surface area (Å²) >= 11 is 0. The summed E-state index contributed by atoms with van der Waals surface area (Å²) < 4.78 is 41.4. The van der Waals surface area contributed by atoms with E-state index in [0.29, 0.717) is 89.4 Å². The number of H-pyrrole nitrogens is 2. The first kappa shape index (κ1) is 51.9. The first-order chi connectivity index (χ1) is 38.7. The van der Waals surface area contributed by atoms with E-state index in [0.717, 1.165) is 11.1 Å². The molecule has 12 bridgehead atoms. The molecule has 400 valence electrons. The van der Waals surface area contributed by atoms with E-state index in [2.05, 4.69) is 9.97 Å². The summed E-state index contributed by atoms with van der Waals surface area (Å²) in [5, 5.41) is 0. The minimum Gasteiger partial charge on any atom is -0.462 e. The van der Waals surface area contributed by atoms with Gasteiger partial charge in [-0.3, -0.25) is 0 Å². The minimum atomic E-state index is -0.628. The number of fused-ring (bicyclic) bond motifs is 2. The highest BCUT2D eigenvalue weighted by atomic mass is 16.6. The van der Waals surface area contributed by atoms with Gasteiger partial charge in [0.1, 0.15) is 11.5 Å². The van der Waals surface area contributed by atoms with Crippen LogP contribution in [0.15, 0.2) is 121 Å². The number of aromatic nitrogens is 4. The lowest BCUT2D eigenvalue weighted by Gasteiger charge is -2.24. The molecule has 0 radical (unpaired) electrons. The van der Waals surface area contributed by atoms with Crippen LogP contribution in [0, 0.1) is 0 Å². The lowest BCUT2D eigenvalue weighted by molar-refractivity contribution is 0.0338. The van der Waals surface area contributed by atoms with Crippen molar-refractivity contribution in [2.24, 2.45) is 0 Å². The molecule has 3 aromatic heterocycles. The number of ether oxygens (including phenoxy) is 7. The molecular formula is C62H56N6O11. The standard InChI is InChI=1S/C62H56N6O11/c1-3-76-59(69)41-17-13-39(14-18-41)55-45-21-25-49(63-45)57-43-9-5-7-11-53(43)78-61(71)67-29-33-73-34-30-68(32-36-75-38-37-74-35-31-67)62(72)79-54-12-8-6-10-44(54)58(50-26-22-46(55)64-50)52-28-24-48(66-52)56(47-23-27-51(57)65-47)40-15-19-42(20-16-40)60(70)77-4-2/h5-28,63,66H,3-4,29-38H2,1-2H3. The van der Waals surface area contributed by atoms with Crippen LogP contribution in [0.2, 0.25) is 0 Å². The molecule has 0 aliphatic carbocycles. The monoisotopic (exact) mass is 1060 g/mol. The minimum absolute atomic E-state index is 0.141. The van der Waals surface area contributed by atoms with E-state index >= 15 is 0 Å². The van der Waals surface area contributed by atoms with Gasteiger partial charge in [-0.05, 0) is 110 Å². The lowest BCUT2D eigenvalue weighted by atomic mass is 10.0. The van der Waals surface area contributed by atoms with Crippen LogP contribution in [0.25, 0.3) is 90.9 Å². The van der Waals surface area contributed by atoms with Crippen molar-refractivity contribution in [3.8, 4) is 56.0 Å². The van der Waals surface area contributed by atoms with Gasteiger partial charge in [-0.1, -0.05) is 60.7 Å². The molecule has 2 N–H and O–H groups in total. The van der Waals surface area contributed by atoms with Gasteiger partial charge >= 0.3 is 24.1 Å². The molecule has 8 heterocycles. The maximum Gasteiger partial charge on any atom is 0.415 e. The number of benzene rings is 4. The molecule has 12 rings (SSSR count). The van der Waals surface area contributed by atoms with E-state index in [4.69, 9.17) is 43.1 Å². The quantitative estimate of drug-likeness (QED) is 0.149. The lowest BCUT2D eigenvalue weighted by Crippen LogP contribution is -2.40. The summed E-state index contributed by atoms with van der Waals surface area (Å²) in [5.74, 6) is -0.347. The van der Waals surface area contributed by atoms with Crippen LogP contribution in [0.5, 0.6) is 11.5 Å². The van der Waals surface area contributed by atoms with Crippen molar-refractivity contribution in [3.05, 3.63) is 155 Å². The summed E-state index contributed by atoms with van der Waals surface area (Å²) in [6.07, 6.45) is 6.46. The number of carbonyl (C=O) groups excluding carboxylic acids is 4. The van der Waals surface area contributed by atoms with Crippen LogP contribution in [-0.2, 0) is 23.7 Å². The summed E-state index contributed by atoms with van der Waals surface area (Å²) in [4.78, 5) is 76.3. The van der Waals surface area contributed by atoms with Crippen molar-refractivity contribution >= 4 is 70.5 Å². The Labute approximate surface area is 455 Å². The second-order valence-electron chi connectivity index (χ2n) is 18.6. The third-order valence-electron chi connectivity index (χ3n) is 13.7. The van der Waals surface area contributed by atoms with Gasteiger partial charge in [0.05, 0.1) is 86.8 Å². The van der Waals surface area contributed by atoms with E-state index in [9.17, 15) is 19.2 Å². The number of aromatic amines is 2.